The minimum absolute atomic E-state index is 0. The molecular formula is C8H10BrClFNO. The first-order valence-corrected chi connectivity index (χ1v) is 4.20. The van der Waals surface area contributed by atoms with Crippen LogP contribution in [-0.2, 0) is 6.54 Å². The van der Waals surface area contributed by atoms with Gasteiger partial charge in [0.15, 0.2) is 0 Å². The van der Waals surface area contributed by atoms with Crippen LogP contribution in [0.2, 0.25) is 0 Å². The highest BCUT2D eigenvalue weighted by Gasteiger charge is 2.08. The number of halogens is 3. The zero-order chi connectivity index (χ0) is 9.14. The van der Waals surface area contributed by atoms with E-state index in [-0.39, 0.29) is 24.8 Å². The van der Waals surface area contributed by atoms with Crippen LogP contribution in [0.25, 0.3) is 0 Å². The van der Waals surface area contributed by atoms with Gasteiger partial charge in [0.05, 0.1) is 7.11 Å². The highest BCUT2D eigenvalue weighted by atomic mass is 79.9. The third-order valence-corrected chi connectivity index (χ3v) is 2.00. The Hall–Kier alpha value is -0.320. The Labute approximate surface area is 90.8 Å². The first kappa shape index (κ1) is 12.7. The van der Waals surface area contributed by atoms with Crippen LogP contribution in [-0.4, -0.2) is 7.11 Å². The molecule has 1 aromatic rings. The van der Waals surface area contributed by atoms with Crippen LogP contribution in [0.4, 0.5) is 4.39 Å². The van der Waals surface area contributed by atoms with Crippen molar-refractivity contribution >= 4 is 28.3 Å². The molecule has 0 aliphatic rings. The fourth-order valence-electron chi connectivity index (χ4n) is 0.960. The van der Waals surface area contributed by atoms with Gasteiger partial charge in [0.25, 0.3) is 0 Å². The van der Waals surface area contributed by atoms with Gasteiger partial charge in [-0.05, 0) is 12.1 Å². The molecule has 0 heterocycles. The molecule has 5 heteroatoms. The number of ether oxygens (including phenoxy) is 1. The lowest BCUT2D eigenvalue weighted by atomic mass is 10.2. The second-order valence-corrected chi connectivity index (χ2v) is 3.19. The first-order chi connectivity index (χ1) is 5.69. The molecule has 1 rings (SSSR count). The normalized spacial score (nSPS) is 9.23. The molecule has 0 radical (unpaired) electrons. The van der Waals surface area contributed by atoms with E-state index in [0.29, 0.717) is 15.8 Å². The average Bonchev–Trinajstić information content (AvgIpc) is 2.03. The molecule has 0 amide bonds. The molecule has 0 aromatic heterocycles. The molecule has 0 unspecified atom stereocenters. The van der Waals surface area contributed by atoms with Crippen LogP contribution < -0.4 is 10.5 Å². The van der Waals surface area contributed by atoms with Crippen LogP contribution in [0.5, 0.6) is 5.75 Å². The van der Waals surface area contributed by atoms with Gasteiger partial charge in [0.2, 0.25) is 0 Å². The Morgan fingerprint density at radius 2 is 2.15 bits per heavy atom. The van der Waals surface area contributed by atoms with Crippen LogP contribution in [0.3, 0.4) is 0 Å². The third kappa shape index (κ3) is 2.83. The van der Waals surface area contributed by atoms with Crippen LogP contribution in [0, 0.1) is 5.82 Å². The van der Waals surface area contributed by atoms with Gasteiger partial charge in [-0.1, -0.05) is 15.9 Å². The summed E-state index contributed by atoms with van der Waals surface area (Å²) in [5.41, 5.74) is 5.75. The number of rotatable bonds is 2. The molecule has 2 N–H and O–H groups in total. The summed E-state index contributed by atoms with van der Waals surface area (Å²) in [7, 11) is 1.49. The predicted octanol–water partition coefficient (Wildman–Crippen LogP) is 2.48. The molecule has 0 fully saturated rings. The fourth-order valence-corrected chi connectivity index (χ4v) is 1.37. The van der Waals surface area contributed by atoms with Gasteiger partial charge in [-0.2, -0.15) is 0 Å². The Balaban J connectivity index is 0.00000144. The van der Waals surface area contributed by atoms with E-state index in [1.54, 1.807) is 6.07 Å². The van der Waals surface area contributed by atoms with E-state index in [1.807, 2.05) is 0 Å². The van der Waals surface area contributed by atoms with Gasteiger partial charge in [-0.25, -0.2) is 4.39 Å². The molecule has 0 atom stereocenters. The van der Waals surface area contributed by atoms with Gasteiger partial charge >= 0.3 is 0 Å². The quantitative estimate of drug-likeness (QED) is 0.896. The minimum Gasteiger partial charge on any atom is -0.496 e. The zero-order valence-corrected chi connectivity index (χ0v) is 9.41. The van der Waals surface area contributed by atoms with E-state index in [2.05, 4.69) is 15.9 Å². The van der Waals surface area contributed by atoms with Crippen LogP contribution in [0.15, 0.2) is 16.6 Å². The molecule has 0 bridgehead atoms. The second-order valence-electron chi connectivity index (χ2n) is 2.27. The molecule has 13 heavy (non-hydrogen) atoms. The maximum Gasteiger partial charge on any atom is 0.132 e. The molecule has 0 aliphatic carbocycles. The van der Waals surface area contributed by atoms with Gasteiger partial charge < -0.3 is 10.5 Å². The van der Waals surface area contributed by atoms with Gasteiger partial charge in [-0.15, -0.1) is 12.4 Å². The Morgan fingerprint density at radius 1 is 1.54 bits per heavy atom. The number of nitrogens with two attached hydrogens (primary N) is 1. The van der Waals surface area contributed by atoms with Crippen molar-refractivity contribution in [3.8, 4) is 5.75 Å². The molecule has 1 aromatic carbocycles. The SMILES string of the molecule is COc1cc(Br)cc(F)c1CN.Cl. The summed E-state index contributed by atoms with van der Waals surface area (Å²) >= 11 is 3.16. The molecule has 74 valence electrons. The van der Waals surface area contributed by atoms with Crippen molar-refractivity contribution in [3.05, 3.63) is 28.0 Å². The molecule has 0 saturated heterocycles. The van der Waals surface area contributed by atoms with Crippen molar-refractivity contribution in [3.63, 3.8) is 0 Å². The predicted molar refractivity (Wildman–Crippen MR) is 55.8 cm³/mol. The Morgan fingerprint density at radius 3 is 2.62 bits per heavy atom. The summed E-state index contributed by atoms with van der Waals surface area (Å²) < 4.78 is 18.7. The number of benzene rings is 1. The number of hydrogen-bond donors (Lipinski definition) is 1. The lowest BCUT2D eigenvalue weighted by Gasteiger charge is -2.07. The standard InChI is InChI=1S/C8H9BrFNO.ClH/c1-12-8-3-5(9)2-7(10)6(8)4-11;/h2-3H,4,11H2,1H3;1H. The van der Waals surface area contributed by atoms with Gasteiger partial charge in [0, 0.05) is 16.6 Å². The van der Waals surface area contributed by atoms with Crippen molar-refractivity contribution in [1.82, 2.24) is 0 Å². The average molecular weight is 271 g/mol. The molecule has 0 saturated carbocycles. The highest BCUT2D eigenvalue weighted by molar-refractivity contribution is 9.10. The second kappa shape index (κ2) is 5.42. The van der Waals surface area contributed by atoms with E-state index < -0.39 is 0 Å². The molecule has 0 aliphatic heterocycles. The highest BCUT2D eigenvalue weighted by Crippen LogP contribution is 2.25. The largest absolute Gasteiger partial charge is 0.496 e. The third-order valence-electron chi connectivity index (χ3n) is 1.54. The summed E-state index contributed by atoms with van der Waals surface area (Å²) in [4.78, 5) is 0. The zero-order valence-electron chi connectivity index (χ0n) is 7.01. The van der Waals surface area contributed by atoms with E-state index in [4.69, 9.17) is 10.5 Å². The van der Waals surface area contributed by atoms with Crippen molar-refractivity contribution in [2.24, 2.45) is 5.73 Å². The molecule has 2 nitrogen and oxygen atoms in total. The Bertz CT molecular complexity index is 296. The van der Waals surface area contributed by atoms with Crippen molar-refractivity contribution < 1.29 is 9.13 Å². The van der Waals surface area contributed by atoms with E-state index in [0.717, 1.165) is 0 Å². The molecular weight excluding hydrogens is 260 g/mol. The minimum atomic E-state index is -0.344. The lowest BCUT2D eigenvalue weighted by molar-refractivity contribution is 0.404. The summed E-state index contributed by atoms with van der Waals surface area (Å²) in [5, 5.41) is 0. The van der Waals surface area contributed by atoms with Crippen LogP contribution >= 0.6 is 28.3 Å². The number of methoxy groups -OCH3 is 1. The topological polar surface area (TPSA) is 35.2 Å². The summed E-state index contributed by atoms with van der Waals surface area (Å²) in [6, 6.07) is 3.05. The summed E-state index contributed by atoms with van der Waals surface area (Å²) in [6.45, 7) is 0.141. The van der Waals surface area contributed by atoms with Gasteiger partial charge in [-0.3, -0.25) is 0 Å². The summed E-state index contributed by atoms with van der Waals surface area (Å²) in [5.74, 6) is 0.133. The van der Waals surface area contributed by atoms with Crippen molar-refractivity contribution in [1.29, 1.82) is 0 Å². The smallest absolute Gasteiger partial charge is 0.132 e. The summed E-state index contributed by atoms with van der Waals surface area (Å²) in [6.07, 6.45) is 0. The fraction of sp³-hybridized carbons (Fsp3) is 0.250. The van der Waals surface area contributed by atoms with E-state index in [9.17, 15) is 4.39 Å². The maximum absolute atomic E-state index is 13.1. The van der Waals surface area contributed by atoms with Crippen LogP contribution in [0.1, 0.15) is 5.56 Å². The van der Waals surface area contributed by atoms with Crippen molar-refractivity contribution in [2.45, 2.75) is 6.54 Å². The lowest BCUT2D eigenvalue weighted by Crippen LogP contribution is -2.02. The van der Waals surface area contributed by atoms with Crippen molar-refractivity contribution in [2.75, 3.05) is 7.11 Å². The maximum atomic E-state index is 13.1. The van der Waals surface area contributed by atoms with E-state index in [1.165, 1.54) is 13.2 Å². The van der Waals surface area contributed by atoms with E-state index >= 15 is 0 Å². The number of hydrogen-bond acceptors (Lipinski definition) is 2. The Kier molecular flexibility index (Phi) is 5.29. The first-order valence-electron chi connectivity index (χ1n) is 3.41. The monoisotopic (exact) mass is 269 g/mol. The van der Waals surface area contributed by atoms with Gasteiger partial charge in [0.1, 0.15) is 11.6 Å². The molecule has 0 spiro atoms.